The fraction of sp³-hybridized carbons (Fsp3) is 0.286. The van der Waals surface area contributed by atoms with Crippen molar-refractivity contribution in [3.05, 3.63) is 42.5 Å². The number of thioether (sulfide) groups is 1. The molecule has 1 aliphatic heterocycles. The molecule has 156 valence electrons. The minimum absolute atomic E-state index is 0.111. The molecule has 0 saturated carbocycles. The first-order valence-electron chi connectivity index (χ1n) is 9.54. The molecule has 1 atom stereocenters. The number of carbonyl (C=O) groups excluding carboxylic acids is 1. The Kier molecular flexibility index (Phi) is 5.80. The van der Waals surface area contributed by atoms with Crippen molar-refractivity contribution in [1.82, 2.24) is 14.8 Å². The van der Waals surface area contributed by atoms with Crippen molar-refractivity contribution in [1.29, 1.82) is 0 Å². The van der Waals surface area contributed by atoms with Gasteiger partial charge in [-0.3, -0.25) is 4.79 Å². The summed E-state index contributed by atoms with van der Waals surface area (Å²) in [5.74, 6) is 2.77. The molecule has 1 aliphatic rings. The number of hydrogen-bond donors (Lipinski definition) is 1. The zero-order valence-corrected chi connectivity index (χ0v) is 17.7. The Morgan fingerprint density at radius 2 is 1.97 bits per heavy atom. The molecule has 0 bridgehead atoms. The maximum Gasteiger partial charge on any atom is 0.237 e. The monoisotopic (exact) mass is 426 g/mol. The minimum Gasteiger partial charge on any atom is -0.497 e. The Balaban J connectivity index is 1.48. The lowest BCUT2D eigenvalue weighted by molar-refractivity contribution is -0.115. The summed E-state index contributed by atoms with van der Waals surface area (Å²) in [4.78, 5) is 12.6. The van der Waals surface area contributed by atoms with Crippen LogP contribution in [0.3, 0.4) is 0 Å². The Morgan fingerprint density at radius 1 is 1.20 bits per heavy atom. The van der Waals surface area contributed by atoms with Gasteiger partial charge in [-0.1, -0.05) is 11.8 Å². The van der Waals surface area contributed by atoms with Gasteiger partial charge in [-0.15, -0.1) is 10.2 Å². The topological polar surface area (TPSA) is 87.5 Å². The van der Waals surface area contributed by atoms with Crippen LogP contribution in [0.25, 0.3) is 11.4 Å². The molecule has 4 rings (SSSR count). The van der Waals surface area contributed by atoms with E-state index >= 15 is 0 Å². The number of nitrogens with one attached hydrogen (secondary N) is 1. The zero-order valence-electron chi connectivity index (χ0n) is 16.9. The molecule has 2 aromatic carbocycles. The quantitative estimate of drug-likeness (QED) is 0.575. The van der Waals surface area contributed by atoms with Crippen LogP contribution in [-0.2, 0) is 11.3 Å². The lowest BCUT2D eigenvalue weighted by Gasteiger charge is -2.13. The van der Waals surface area contributed by atoms with Crippen LogP contribution in [0.5, 0.6) is 17.2 Å². The minimum atomic E-state index is -0.355. The van der Waals surface area contributed by atoms with Gasteiger partial charge in [0.2, 0.25) is 12.7 Å². The molecule has 0 saturated heterocycles. The van der Waals surface area contributed by atoms with Crippen LogP contribution in [0.2, 0.25) is 0 Å². The van der Waals surface area contributed by atoms with E-state index in [9.17, 15) is 4.79 Å². The summed E-state index contributed by atoms with van der Waals surface area (Å²) in [6.45, 7) is 4.76. The Hall–Kier alpha value is -3.20. The zero-order chi connectivity index (χ0) is 21.1. The van der Waals surface area contributed by atoms with Crippen LogP contribution in [0, 0.1) is 0 Å². The van der Waals surface area contributed by atoms with E-state index in [-0.39, 0.29) is 18.0 Å². The fourth-order valence-corrected chi connectivity index (χ4v) is 3.95. The molecular weight excluding hydrogens is 404 g/mol. The van der Waals surface area contributed by atoms with E-state index < -0.39 is 0 Å². The molecule has 3 aromatic rings. The third-order valence-electron chi connectivity index (χ3n) is 4.67. The maximum atomic E-state index is 12.6. The van der Waals surface area contributed by atoms with Crippen molar-refractivity contribution in [2.24, 2.45) is 0 Å². The number of fused-ring (bicyclic) bond motifs is 1. The predicted molar refractivity (Wildman–Crippen MR) is 114 cm³/mol. The molecule has 0 radical (unpaired) electrons. The maximum absolute atomic E-state index is 12.6. The van der Waals surface area contributed by atoms with Gasteiger partial charge >= 0.3 is 0 Å². The molecule has 0 fully saturated rings. The predicted octanol–water partition coefficient (Wildman–Crippen LogP) is 3.82. The number of hydrogen-bond acceptors (Lipinski definition) is 7. The first-order chi connectivity index (χ1) is 14.6. The van der Waals surface area contributed by atoms with Gasteiger partial charge in [0.15, 0.2) is 22.5 Å². The number of ether oxygens (including phenoxy) is 3. The first-order valence-corrected chi connectivity index (χ1v) is 10.4. The van der Waals surface area contributed by atoms with Gasteiger partial charge < -0.3 is 24.1 Å². The summed E-state index contributed by atoms with van der Waals surface area (Å²) >= 11 is 1.37. The van der Waals surface area contributed by atoms with Gasteiger partial charge in [-0.25, -0.2) is 0 Å². The number of nitrogens with zero attached hydrogens (tertiary/aromatic N) is 3. The van der Waals surface area contributed by atoms with Crippen molar-refractivity contribution >= 4 is 23.4 Å². The van der Waals surface area contributed by atoms with E-state index in [1.54, 1.807) is 31.4 Å². The van der Waals surface area contributed by atoms with E-state index in [1.165, 1.54) is 11.8 Å². The average Bonchev–Trinajstić information content (AvgIpc) is 3.40. The first kappa shape index (κ1) is 20.1. The molecule has 8 nitrogen and oxygen atoms in total. The standard InChI is InChI=1S/C21H22N4O4S/c1-4-25-19(14-5-10-17-18(11-14)29-12-28-17)23-24-21(25)30-13(2)20(26)22-15-6-8-16(27-3)9-7-15/h5-11,13H,4,12H2,1-3H3,(H,22,26). The van der Waals surface area contributed by atoms with Gasteiger partial charge in [0, 0.05) is 17.8 Å². The highest BCUT2D eigenvalue weighted by Gasteiger charge is 2.22. The average molecular weight is 426 g/mol. The van der Waals surface area contributed by atoms with Crippen molar-refractivity contribution in [3.8, 4) is 28.6 Å². The van der Waals surface area contributed by atoms with Gasteiger partial charge in [-0.05, 0) is 56.3 Å². The molecule has 30 heavy (non-hydrogen) atoms. The lowest BCUT2D eigenvalue weighted by Crippen LogP contribution is -2.22. The van der Waals surface area contributed by atoms with Crippen LogP contribution in [0.1, 0.15) is 13.8 Å². The van der Waals surface area contributed by atoms with Crippen LogP contribution in [-0.4, -0.2) is 39.8 Å². The van der Waals surface area contributed by atoms with E-state index in [1.807, 2.05) is 36.6 Å². The van der Waals surface area contributed by atoms with Crippen molar-refractivity contribution in [2.75, 3.05) is 19.2 Å². The molecule has 0 aliphatic carbocycles. The van der Waals surface area contributed by atoms with Crippen LogP contribution < -0.4 is 19.5 Å². The smallest absolute Gasteiger partial charge is 0.237 e. The van der Waals surface area contributed by atoms with Crippen LogP contribution in [0.15, 0.2) is 47.6 Å². The van der Waals surface area contributed by atoms with Gasteiger partial charge in [0.05, 0.1) is 12.4 Å². The fourth-order valence-electron chi connectivity index (χ4n) is 3.04. The number of amides is 1. The summed E-state index contributed by atoms with van der Waals surface area (Å²) in [5.41, 5.74) is 1.60. The number of rotatable bonds is 7. The summed E-state index contributed by atoms with van der Waals surface area (Å²) in [6, 6.07) is 12.9. The SMILES string of the molecule is CCn1c(SC(C)C(=O)Nc2ccc(OC)cc2)nnc1-c1ccc2c(c1)OCO2. The van der Waals surface area contributed by atoms with Gasteiger partial charge in [0.25, 0.3) is 0 Å². The number of aromatic nitrogens is 3. The largest absolute Gasteiger partial charge is 0.497 e. The van der Waals surface area contributed by atoms with Crippen molar-refractivity contribution < 1.29 is 19.0 Å². The molecule has 2 heterocycles. The third kappa shape index (κ3) is 4.06. The molecular formula is C21H22N4O4S. The number of anilines is 1. The van der Waals surface area contributed by atoms with Crippen LogP contribution >= 0.6 is 11.8 Å². The molecule has 0 spiro atoms. The van der Waals surface area contributed by atoms with E-state index in [0.29, 0.717) is 23.1 Å². The Morgan fingerprint density at radius 3 is 2.70 bits per heavy atom. The highest BCUT2D eigenvalue weighted by molar-refractivity contribution is 8.00. The van der Waals surface area contributed by atoms with Gasteiger partial charge in [-0.2, -0.15) is 0 Å². The molecule has 1 unspecified atom stereocenters. The summed E-state index contributed by atoms with van der Waals surface area (Å²) in [6.07, 6.45) is 0. The summed E-state index contributed by atoms with van der Waals surface area (Å²) in [7, 11) is 1.61. The van der Waals surface area contributed by atoms with Crippen molar-refractivity contribution in [2.45, 2.75) is 30.8 Å². The Bertz CT molecular complexity index is 1050. The van der Waals surface area contributed by atoms with Crippen LogP contribution in [0.4, 0.5) is 5.69 Å². The number of carbonyl (C=O) groups is 1. The number of methoxy groups -OCH3 is 1. The normalized spacial score (nSPS) is 13.2. The van der Waals surface area contributed by atoms with Crippen molar-refractivity contribution in [3.63, 3.8) is 0 Å². The second kappa shape index (κ2) is 8.66. The molecule has 1 N–H and O–H groups in total. The second-order valence-corrected chi connectivity index (χ2v) is 7.90. The van der Waals surface area contributed by atoms with Gasteiger partial charge in [0.1, 0.15) is 5.75 Å². The highest BCUT2D eigenvalue weighted by Crippen LogP contribution is 2.36. The lowest BCUT2D eigenvalue weighted by atomic mass is 10.2. The molecule has 1 amide bonds. The second-order valence-electron chi connectivity index (χ2n) is 6.60. The molecule has 1 aromatic heterocycles. The Labute approximate surface area is 178 Å². The molecule has 9 heteroatoms. The third-order valence-corrected chi connectivity index (χ3v) is 5.75. The summed E-state index contributed by atoms with van der Waals surface area (Å²) < 4.78 is 18.0. The summed E-state index contributed by atoms with van der Waals surface area (Å²) in [5, 5.41) is 11.9. The van der Waals surface area contributed by atoms with E-state index in [0.717, 1.165) is 22.9 Å². The van der Waals surface area contributed by atoms with E-state index in [4.69, 9.17) is 14.2 Å². The number of benzene rings is 2. The van der Waals surface area contributed by atoms with E-state index in [2.05, 4.69) is 15.5 Å². The highest BCUT2D eigenvalue weighted by atomic mass is 32.2.